The molecule has 2 rings (SSSR count). The van der Waals surface area contributed by atoms with Crippen molar-refractivity contribution in [1.82, 2.24) is 9.80 Å². The number of nitrogens with zero attached hydrogens (tertiary/aromatic N) is 2. The number of carbonyl (C=O) groups is 1. The van der Waals surface area contributed by atoms with Crippen molar-refractivity contribution in [1.29, 1.82) is 0 Å². The first kappa shape index (κ1) is 23.2. The molecule has 0 spiro atoms. The average Bonchev–Trinajstić information content (AvgIpc) is 2.70. The van der Waals surface area contributed by atoms with E-state index in [0.717, 1.165) is 18.0 Å². The molecule has 2 unspecified atom stereocenters. The molecule has 0 radical (unpaired) electrons. The minimum Gasteiger partial charge on any atom is -0.482 e. The van der Waals surface area contributed by atoms with E-state index >= 15 is 0 Å². The standard InChI is InChI=1S/C23H31ClN2O3/c1-17(13-18-9-11-21(12-10-18)29-16-23(27)28-5)26(4)15-22(25(2)3)19-7-6-8-20(24)14-19/h6-12,14,17,22H,13,15-16H2,1-5H3. The van der Waals surface area contributed by atoms with Crippen molar-refractivity contribution < 1.29 is 14.3 Å². The molecule has 29 heavy (non-hydrogen) atoms. The van der Waals surface area contributed by atoms with Gasteiger partial charge >= 0.3 is 5.97 Å². The number of methoxy groups -OCH3 is 1. The summed E-state index contributed by atoms with van der Waals surface area (Å²) >= 11 is 6.19. The molecule has 0 saturated carbocycles. The van der Waals surface area contributed by atoms with Crippen LogP contribution in [0.15, 0.2) is 48.5 Å². The van der Waals surface area contributed by atoms with Gasteiger partial charge in [-0.2, -0.15) is 0 Å². The maximum atomic E-state index is 11.2. The maximum Gasteiger partial charge on any atom is 0.343 e. The van der Waals surface area contributed by atoms with Gasteiger partial charge in [0.15, 0.2) is 6.61 Å². The summed E-state index contributed by atoms with van der Waals surface area (Å²) in [6.45, 7) is 3.05. The van der Waals surface area contributed by atoms with Crippen molar-refractivity contribution in [2.24, 2.45) is 0 Å². The number of ether oxygens (including phenoxy) is 2. The van der Waals surface area contributed by atoms with Gasteiger partial charge in [-0.25, -0.2) is 4.79 Å². The normalized spacial score (nSPS) is 13.4. The number of halogens is 1. The van der Waals surface area contributed by atoms with Crippen LogP contribution in [-0.4, -0.2) is 63.2 Å². The molecule has 0 aliphatic heterocycles. The number of hydrogen-bond donors (Lipinski definition) is 0. The second kappa shape index (κ2) is 11.2. The first-order valence-electron chi connectivity index (χ1n) is 9.70. The minimum absolute atomic E-state index is 0.0790. The lowest BCUT2D eigenvalue weighted by molar-refractivity contribution is -0.142. The van der Waals surface area contributed by atoms with Gasteiger partial charge < -0.3 is 19.3 Å². The molecule has 2 aromatic rings. The van der Waals surface area contributed by atoms with Crippen molar-refractivity contribution in [3.8, 4) is 5.75 Å². The fourth-order valence-electron chi connectivity index (χ4n) is 3.15. The van der Waals surface area contributed by atoms with Crippen LogP contribution in [-0.2, 0) is 16.0 Å². The first-order valence-corrected chi connectivity index (χ1v) is 10.1. The van der Waals surface area contributed by atoms with Crippen LogP contribution in [0.1, 0.15) is 24.1 Å². The van der Waals surface area contributed by atoms with Crippen LogP contribution in [0.4, 0.5) is 0 Å². The van der Waals surface area contributed by atoms with Crippen LogP contribution in [0.2, 0.25) is 5.02 Å². The highest BCUT2D eigenvalue weighted by molar-refractivity contribution is 6.30. The van der Waals surface area contributed by atoms with Gasteiger partial charge in [-0.05, 0) is 69.9 Å². The second-order valence-corrected chi connectivity index (χ2v) is 7.97. The van der Waals surface area contributed by atoms with Crippen LogP contribution >= 0.6 is 11.6 Å². The van der Waals surface area contributed by atoms with E-state index in [1.165, 1.54) is 18.2 Å². The third-order valence-electron chi connectivity index (χ3n) is 5.11. The molecule has 0 amide bonds. The lowest BCUT2D eigenvalue weighted by atomic mass is 10.0. The number of esters is 1. The van der Waals surface area contributed by atoms with E-state index in [2.05, 4.69) is 48.7 Å². The van der Waals surface area contributed by atoms with Crippen molar-refractivity contribution in [3.63, 3.8) is 0 Å². The molecule has 0 heterocycles. The van der Waals surface area contributed by atoms with Crippen LogP contribution in [0.25, 0.3) is 0 Å². The predicted octanol–water partition coefficient (Wildman–Crippen LogP) is 4.06. The zero-order valence-electron chi connectivity index (χ0n) is 17.9. The molecule has 158 valence electrons. The van der Waals surface area contributed by atoms with Crippen molar-refractivity contribution in [3.05, 3.63) is 64.7 Å². The van der Waals surface area contributed by atoms with E-state index in [-0.39, 0.29) is 18.6 Å². The lowest BCUT2D eigenvalue weighted by Crippen LogP contribution is -2.38. The van der Waals surface area contributed by atoms with E-state index in [0.29, 0.717) is 11.8 Å². The van der Waals surface area contributed by atoms with Crippen LogP contribution in [0.5, 0.6) is 5.75 Å². The minimum atomic E-state index is -0.389. The summed E-state index contributed by atoms with van der Waals surface area (Å²) < 4.78 is 9.98. The first-order chi connectivity index (χ1) is 13.8. The van der Waals surface area contributed by atoms with E-state index < -0.39 is 0 Å². The summed E-state index contributed by atoms with van der Waals surface area (Å²) in [7, 11) is 7.69. The van der Waals surface area contributed by atoms with Gasteiger partial charge in [0, 0.05) is 23.7 Å². The molecule has 0 bridgehead atoms. The third-order valence-corrected chi connectivity index (χ3v) is 5.34. The molecule has 0 aromatic heterocycles. The van der Waals surface area contributed by atoms with Gasteiger partial charge in [-0.15, -0.1) is 0 Å². The Morgan fingerprint density at radius 2 is 1.79 bits per heavy atom. The summed E-state index contributed by atoms with van der Waals surface area (Å²) in [4.78, 5) is 15.8. The Hall–Kier alpha value is -2.08. The molecule has 0 saturated heterocycles. The van der Waals surface area contributed by atoms with E-state index in [1.54, 1.807) is 0 Å². The summed E-state index contributed by atoms with van der Waals surface area (Å²) in [5.41, 5.74) is 2.44. The molecule has 0 N–H and O–H groups in total. The predicted molar refractivity (Wildman–Crippen MR) is 118 cm³/mol. The third kappa shape index (κ3) is 7.35. The Bertz CT molecular complexity index is 780. The highest BCUT2D eigenvalue weighted by Gasteiger charge is 2.20. The van der Waals surface area contributed by atoms with Gasteiger partial charge in [0.2, 0.25) is 0 Å². The zero-order valence-corrected chi connectivity index (χ0v) is 18.6. The summed E-state index contributed by atoms with van der Waals surface area (Å²) in [5.74, 6) is 0.272. The molecule has 5 nitrogen and oxygen atoms in total. The van der Waals surface area contributed by atoms with Gasteiger partial charge in [-0.3, -0.25) is 0 Å². The Balaban J connectivity index is 1.95. The van der Waals surface area contributed by atoms with E-state index in [9.17, 15) is 4.79 Å². The Labute approximate surface area is 179 Å². The Morgan fingerprint density at radius 3 is 2.38 bits per heavy atom. The monoisotopic (exact) mass is 418 g/mol. The number of hydrogen-bond acceptors (Lipinski definition) is 5. The van der Waals surface area contributed by atoms with Gasteiger partial charge in [0.25, 0.3) is 0 Å². The zero-order chi connectivity index (χ0) is 21.4. The molecule has 2 atom stereocenters. The molecule has 6 heteroatoms. The topological polar surface area (TPSA) is 42.0 Å². The second-order valence-electron chi connectivity index (χ2n) is 7.54. The van der Waals surface area contributed by atoms with Crippen LogP contribution < -0.4 is 4.74 Å². The summed E-state index contributed by atoms with van der Waals surface area (Å²) in [6, 6.07) is 16.5. The Kier molecular flexibility index (Phi) is 8.96. The highest BCUT2D eigenvalue weighted by Crippen LogP contribution is 2.23. The smallest absolute Gasteiger partial charge is 0.343 e. The molecule has 0 fully saturated rings. The number of rotatable bonds is 10. The van der Waals surface area contributed by atoms with Gasteiger partial charge in [0.05, 0.1) is 7.11 Å². The maximum absolute atomic E-state index is 11.2. The fraction of sp³-hybridized carbons (Fsp3) is 0.435. The largest absolute Gasteiger partial charge is 0.482 e. The van der Waals surface area contributed by atoms with Gasteiger partial charge in [0.1, 0.15) is 5.75 Å². The summed E-state index contributed by atoms with van der Waals surface area (Å²) in [5, 5.41) is 0.763. The van der Waals surface area contributed by atoms with E-state index in [4.69, 9.17) is 16.3 Å². The molecule has 0 aliphatic carbocycles. The molecular formula is C23H31ClN2O3. The quantitative estimate of drug-likeness (QED) is 0.544. The van der Waals surface area contributed by atoms with Crippen molar-refractivity contribution >= 4 is 17.6 Å². The number of carbonyl (C=O) groups excluding carboxylic acids is 1. The fourth-order valence-corrected chi connectivity index (χ4v) is 3.35. The van der Waals surface area contributed by atoms with Crippen molar-refractivity contribution in [2.45, 2.75) is 25.4 Å². The highest BCUT2D eigenvalue weighted by atomic mass is 35.5. The number of benzene rings is 2. The van der Waals surface area contributed by atoms with E-state index in [1.807, 2.05) is 42.5 Å². The molecule has 0 aliphatic rings. The number of likely N-dealkylation sites (N-methyl/N-ethyl adjacent to an activating group) is 2. The SMILES string of the molecule is COC(=O)COc1ccc(CC(C)N(C)CC(c2cccc(Cl)c2)N(C)C)cc1. The van der Waals surface area contributed by atoms with Crippen LogP contribution in [0, 0.1) is 0 Å². The van der Waals surface area contributed by atoms with Gasteiger partial charge in [-0.1, -0.05) is 35.9 Å². The Morgan fingerprint density at radius 1 is 1.10 bits per heavy atom. The van der Waals surface area contributed by atoms with Crippen molar-refractivity contribution in [2.75, 3.05) is 41.4 Å². The summed E-state index contributed by atoms with van der Waals surface area (Å²) in [6.07, 6.45) is 0.920. The van der Waals surface area contributed by atoms with Crippen LogP contribution in [0.3, 0.4) is 0 Å². The molecular weight excluding hydrogens is 388 g/mol. The lowest BCUT2D eigenvalue weighted by Gasteiger charge is -2.33. The average molecular weight is 419 g/mol. The molecule has 2 aromatic carbocycles.